The fourth-order valence-electron chi connectivity index (χ4n) is 1.78. The molecule has 0 radical (unpaired) electrons. The largest absolute Gasteiger partial charge is 0.399 e. The maximum atomic E-state index is 12.1. The molecule has 2 N–H and O–H groups in total. The van der Waals surface area contributed by atoms with Crippen LogP contribution in [0.5, 0.6) is 0 Å². The summed E-state index contributed by atoms with van der Waals surface area (Å²) in [4.78, 5) is 12.1. The molecule has 0 bridgehead atoms. The first-order valence-electron chi connectivity index (χ1n) is 5.70. The van der Waals surface area contributed by atoms with Crippen molar-refractivity contribution in [2.75, 3.05) is 5.73 Å². The zero-order valence-electron chi connectivity index (χ0n) is 10.1. The van der Waals surface area contributed by atoms with Crippen LogP contribution in [0.2, 0.25) is 0 Å². The lowest BCUT2D eigenvalue weighted by Gasteiger charge is -2.05. The fourth-order valence-corrected chi connectivity index (χ4v) is 2.23. The molecule has 0 heterocycles. The van der Waals surface area contributed by atoms with Gasteiger partial charge in [0.1, 0.15) is 0 Å². The van der Waals surface area contributed by atoms with E-state index < -0.39 is 0 Å². The molecule has 0 fully saturated rings. The Morgan fingerprint density at radius 1 is 1.22 bits per heavy atom. The summed E-state index contributed by atoms with van der Waals surface area (Å²) in [5.41, 5.74) is 9.11. The molecule has 0 saturated heterocycles. The third kappa shape index (κ3) is 2.99. The Hall–Kier alpha value is -1.61. The average molecular weight is 304 g/mol. The van der Waals surface area contributed by atoms with Crippen molar-refractivity contribution in [3.63, 3.8) is 0 Å². The van der Waals surface area contributed by atoms with Gasteiger partial charge in [0.05, 0.1) is 0 Å². The van der Waals surface area contributed by atoms with Gasteiger partial charge in [-0.3, -0.25) is 4.79 Å². The van der Waals surface area contributed by atoms with Gasteiger partial charge in [-0.25, -0.2) is 0 Å². The maximum Gasteiger partial charge on any atom is 0.167 e. The second-order valence-corrected chi connectivity index (χ2v) is 5.22. The van der Waals surface area contributed by atoms with Crippen LogP contribution in [0.25, 0.3) is 0 Å². The number of Topliss-reactive ketones (excluding diaryl/α,β-unsaturated/α-hetero) is 1. The minimum Gasteiger partial charge on any atom is -0.399 e. The van der Waals surface area contributed by atoms with E-state index in [0.29, 0.717) is 17.7 Å². The second-order valence-electron chi connectivity index (χ2n) is 4.30. The number of halogens is 1. The summed E-state index contributed by atoms with van der Waals surface area (Å²) in [6.45, 7) is 1.91. The Morgan fingerprint density at radius 2 is 2.00 bits per heavy atom. The van der Waals surface area contributed by atoms with Crippen molar-refractivity contribution in [1.29, 1.82) is 0 Å². The van der Waals surface area contributed by atoms with Crippen molar-refractivity contribution in [3.05, 3.63) is 63.6 Å². The summed E-state index contributed by atoms with van der Waals surface area (Å²) in [7, 11) is 0. The van der Waals surface area contributed by atoms with Crippen LogP contribution in [-0.4, -0.2) is 5.78 Å². The number of nitrogens with two attached hydrogens (primary N) is 1. The van der Waals surface area contributed by atoms with E-state index in [1.807, 2.05) is 37.3 Å². The molecule has 0 spiro atoms. The number of benzene rings is 2. The molecule has 2 rings (SSSR count). The summed E-state index contributed by atoms with van der Waals surface area (Å²) in [5.74, 6) is 0.108. The lowest BCUT2D eigenvalue weighted by molar-refractivity contribution is 0.0993. The highest BCUT2D eigenvalue weighted by Crippen LogP contribution is 2.17. The van der Waals surface area contributed by atoms with Gasteiger partial charge in [-0.2, -0.15) is 0 Å². The molecule has 0 atom stereocenters. The van der Waals surface area contributed by atoms with Gasteiger partial charge in [0.25, 0.3) is 0 Å². The van der Waals surface area contributed by atoms with Crippen LogP contribution in [0.1, 0.15) is 21.5 Å². The summed E-state index contributed by atoms with van der Waals surface area (Å²) in [6.07, 6.45) is 0.406. The molecule has 0 saturated carbocycles. The number of hydrogen-bond donors (Lipinski definition) is 1. The Bertz CT molecular complexity index is 593. The molecule has 0 aliphatic rings. The number of nitrogen functional groups attached to an aromatic ring is 1. The molecule has 2 aromatic rings. The van der Waals surface area contributed by atoms with E-state index >= 15 is 0 Å². The van der Waals surface area contributed by atoms with Crippen molar-refractivity contribution in [3.8, 4) is 0 Å². The predicted octanol–water partition coefficient (Wildman–Crippen LogP) is 3.77. The molecule has 0 aliphatic heterocycles. The fraction of sp³-hybridized carbons (Fsp3) is 0.133. The molecule has 0 aromatic heterocycles. The molecular weight excluding hydrogens is 290 g/mol. The van der Waals surface area contributed by atoms with Crippen LogP contribution in [-0.2, 0) is 6.42 Å². The van der Waals surface area contributed by atoms with E-state index in [9.17, 15) is 4.79 Å². The highest BCUT2D eigenvalue weighted by atomic mass is 79.9. The first kappa shape index (κ1) is 12.8. The number of aryl methyl sites for hydroxylation is 1. The first-order valence-corrected chi connectivity index (χ1v) is 6.49. The molecular formula is C15H14BrNO. The van der Waals surface area contributed by atoms with Gasteiger partial charge in [-0.1, -0.05) is 28.1 Å². The van der Waals surface area contributed by atoms with Gasteiger partial charge >= 0.3 is 0 Å². The zero-order chi connectivity index (χ0) is 13.1. The van der Waals surface area contributed by atoms with Gasteiger partial charge < -0.3 is 5.73 Å². The Kier molecular flexibility index (Phi) is 3.82. The van der Waals surface area contributed by atoms with E-state index in [1.54, 1.807) is 12.1 Å². The standard InChI is InChI=1S/C15H14BrNO/c1-10-7-12(5-6-14(10)17)15(18)9-11-3-2-4-13(16)8-11/h2-8H,9,17H2,1H3. The van der Waals surface area contributed by atoms with Crippen LogP contribution in [0.3, 0.4) is 0 Å². The number of rotatable bonds is 3. The van der Waals surface area contributed by atoms with Gasteiger partial charge in [0, 0.05) is 22.1 Å². The van der Waals surface area contributed by atoms with E-state index in [-0.39, 0.29) is 5.78 Å². The van der Waals surface area contributed by atoms with E-state index in [4.69, 9.17) is 5.73 Å². The zero-order valence-corrected chi connectivity index (χ0v) is 11.7. The van der Waals surface area contributed by atoms with Crippen molar-refractivity contribution < 1.29 is 4.79 Å². The van der Waals surface area contributed by atoms with Gasteiger partial charge in [-0.15, -0.1) is 0 Å². The van der Waals surface area contributed by atoms with Crippen molar-refractivity contribution in [2.24, 2.45) is 0 Å². The summed E-state index contributed by atoms with van der Waals surface area (Å²) in [5, 5.41) is 0. The minimum atomic E-state index is 0.108. The average Bonchev–Trinajstić information content (AvgIpc) is 2.32. The van der Waals surface area contributed by atoms with Crippen LogP contribution >= 0.6 is 15.9 Å². The van der Waals surface area contributed by atoms with Crippen molar-refractivity contribution in [2.45, 2.75) is 13.3 Å². The molecule has 92 valence electrons. The monoisotopic (exact) mass is 303 g/mol. The number of hydrogen-bond acceptors (Lipinski definition) is 2. The molecule has 3 heteroatoms. The second kappa shape index (κ2) is 5.36. The van der Waals surface area contributed by atoms with E-state index in [0.717, 1.165) is 15.6 Å². The lowest BCUT2D eigenvalue weighted by Crippen LogP contribution is -2.04. The van der Waals surface area contributed by atoms with Gasteiger partial charge in [0.15, 0.2) is 5.78 Å². The summed E-state index contributed by atoms with van der Waals surface area (Å²) < 4.78 is 0.987. The SMILES string of the molecule is Cc1cc(C(=O)Cc2cccc(Br)c2)ccc1N. The normalized spacial score (nSPS) is 10.3. The number of ketones is 1. The van der Waals surface area contributed by atoms with Gasteiger partial charge in [0.2, 0.25) is 0 Å². The quantitative estimate of drug-likeness (QED) is 0.693. The van der Waals surface area contributed by atoms with E-state index in [1.165, 1.54) is 0 Å². The molecule has 2 aromatic carbocycles. The van der Waals surface area contributed by atoms with Crippen molar-refractivity contribution in [1.82, 2.24) is 0 Å². The number of carbonyl (C=O) groups excluding carboxylic acids is 1. The third-order valence-corrected chi connectivity index (χ3v) is 3.34. The molecule has 2 nitrogen and oxygen atoms in total. The Labute approximate surface area is 115 Å². The first-order chi connectivity index (χ1) is 8.56. The van der Waals surface area contributed by atoms with Crippen LogP contribution in [0.4, 0.5) is 5.69 Å². The molecule has 18 heavy (non-hydrogen) atoms. The lowest BCUT2D eigenvalue weighted by atomic mass is 10.0. The summed E-state index contributed by atoms with van der Waals surface area (Å²) in [6, 6.07) is 13.2. The van der Waals surface area contributed by atoms with Crippen LogP contribution in [0.15, 0.2) is 46.9 Å². The summed E-state index contributed by atoms with van der Waals surface area (Å²) >= 11 is 3.40. The van der Waals surface area contributed by atoms with Crippen LogP contribution in [0, 0.1) is 6.92 Å². The highest BCUT2D eigenvalue weighted by Gasteiger charge is 2.08. The van der Waals surface area contributed by atoms with Crippen LogP contribution < -0.4 is 5.73 Å². The minimum absolute atomic E-state index is 0.108. The van der Waals surface area contributed by atoms with Crippen molar-refractivity contribution >= 4 is 27.4 Å². The topological polar surface area (TPSA) is 43.1 Å². The smallest absolute Gasteiger partial charge is 0.167 e. The third-order valence-electron chi connectivity index (χ3n) is 2.85. The number of carbonyl (C=O) groups is 1. The molecule has 0 amide bonds. The predicted molar refractivity (Wildman–Crippen MR) is 77.8 cm³/mol. The number of anilines is 1. The molecule has 0 aliphatic carbocycles. The highest BCUT2D eigenvalue weighted by molar-refractivity contribution is 9.10. The molecule has 0 unspecified atom stereocenters. The van der Waals surface area contributed by atoms with Gasteiger partial charge in [-0.05, 0) is 48.4 Å². The van der Waals surface area contributed by atoms with E-state index in [2.05, 4.69) is 15.9 Å². The Morgan fingerprint density at radius 3 is 2.67 bits per heavy atom. The maximum absolute atomic E-state index is 12.1. The Balaban J connectivity index is 2.19.